The van der Waals surface area contributed by atoms with Crippen LogP contribution in [-0.2, 0) is 10.1 Å². The van der Waals surface area contributed by atoms with Crippen molar-refractivity contribution in [3.05, 3.63) is 71.0 Å². The first-order valence-electron chi connectivity index (χ1n) is 9.01. The largest absolute Gasteiger partial charge is 0.510 e. The average molecular weight is 433 g/mol. The number of hydrogen-bond acceptors (Lipinski definition) is 7. The lowest BCUT2D eigenvalue weighted by atomic mass is 9.86. The van der Waals surface area contributed by atoms with E-state index in [4.69, 9.17) is 4.55 Å². The minimum atomic E-state index is -4.26. The Morgan fingerprint density at radius 3 is 2.48 bits per heavy atom. The van der Waals surface area contributed by atoms with E-state index < -0.39 is 22.3 Å². The minimum absolute atomic E-state index is 0.0384. The molecule has 152 valence electrons. The normalized spacial score (nSPS) is 22.6. The van der Waals surface area contributed by atoms with Crippen molar-refractivity contribution in [1.82, 2.24) is 0 Å². The van der Waals surface area contributed by atoms with Gasteiger partial charge in [0.1, 0.15) is 17.9 Å². The predicted molar refractivity (Wildman–Crippen MR) is 113 cm³/mol. The first-order valence-corrected chi connectivity index (χ1v) is 11.3. The number of para-hydroxylation sites is 1. The van der Waals surface area contributed by atoms with Gasteiger partial charge >= 0.3 is 0 Å². The maximum absolute atomic E-state index is 11.1. The van der Waals surface area contributed by atoms with E-state index in [0.29, 0.717) is 11.3 Å². The molecule has 1 aliphatic heterocycles. The molecule has 29 heavy (non-hydrogen) atoms. The zero-order valence-corrected chi connectivity index (χ0v) is 17.1. The number of nitrogens with zero attached hydrogens (tertiary/aromatic N) is 1. The standard InChI is InChI=1S/C20H20N2O5S2/c1-2-22-15-5-3-4-6-16(15)28-17(22)11-14-19(23)18(20(14)24)21-12-7-9-13(10-8-12)29(25,26)27/h3-11,18-19,21,23-24H,2H2,1H3,(H,25,26,27). The Labute approximate surface area is 173 Å². The van der Waals surface area contributed by atoms with Gasteiger partial charge in [-0.05, 0) is 49.4 Å². The third-order valence-electron chi connectivity index (χ3n) is 4.93. The number of aliphatic hydroxyl groups is 2. The van der Waals surface area contributed by atoms with Gasteiger partial charge in [-0.1, -0.05) is 23.9 Å². The highest BCUT2D eigenvalue weighted by molar-refractivity contribution is 8.03. The zero-order chi connectivity index (χ0) is 20.8. The maximum atomic E-state index is 11.1. The molecule has 2 atom stereocenters. The van der Waals surface area contributed by atoms with Crippen molar-refractivity contribution in [1.29, 1.82) is 0 Å². The van der Waals surface area contributed by atoms with Gasteiger partial charge in [0.15, 0.2) is 0 Å². The van der Waals surface area contributed by atoms with Gasteiger partial charge in [-0.25, -0.2) is 0 Å². The number of benzene rings is 2. The van der Waals surface area contributed by atoms with E-state index in [1.165, 1.54) is 24.3 Å². The molecule has 4 N–H and O–H groups in total. The summed E-state index contributed by atoms with van der Waals surface area (Å²) in [6.45, 7) is 2.81. The monoisotopic (exact) mass is 432 g/mol. The fourth-order valence-electron chi connectivity index (χ4n) is 3.39. The molecule has 2 aliphatic rings. The number of anilines is 2. The lowest BCUT2D eigenvalue weighted by Gasteiger charge is -2.35. The second kappa shape index (κ2) is 7.42. The van der Waals surface area contributed by atoms with Crippen molar-refractivity contribution in [2.75, 3.05) is 16.8 Å². The molecular weight excluding hydrogens is 412 g/mol. The summed E-state index contributed by atoms with van der Waals surface area (Å²) in [5.41, 5.74) is 2.07. The van der Waals surface area contributed by atoms with Crippen molar-refractivity contribution in [2.24, 2.45) is 0 Å². The molecule has 0 aromatic heterocycles. The molecule has 0 bridgehead atoms. The van der Waals surface area contributed by atoms with Crippen LogP contribution < -0.4 is 10.2 Å². The quantitative estimate of drug-likeness (QED) is 0.533. The second-order valence-corrected chi connectivity index (χ2v) is 9.19. The Hall–Kier alpha value is -2.46. The zero-order valence-electron chi connectivity index (χ0n) is 15.5. The van der Waals surface area contributed by atoms with Crippen LogP contribution in [0, 0.1) is 0 Å². The average Bonchev–Trinajstić information content (AvgIpc) is 3.07. The molecule has 2 unspecified atom stereocenters. The van der Waals surface area contributed by atoms with E-state index in [0.717, 1.165) is 22.2 Å². The molecule has 0 amide bonds. The molecule has 0 saturated carbocycles. The molecule has 0 fully saturated rings. The molecule has 1 heterocycles. The Kier molecular flexibility index (Phi) is 5.07. The highest BCUT2D eigenvalue weighted by Gasteiger charge is 2.39. The molecule has 0 saturated heterocycles. The lowest BCUT2D eigenvalue weighted by Crippen LogP contribution is -2.46. The van der Waals surface area contributed by atoms with E-state index in [1.807, 2.05) is 31.2 Å². The van der Waals surface area contributed by atoms with Crippen LogP contribution >= 0.6 is 11.8 Å². The summed E-state index contributed by atoms with van der Waals surface area (Å²) in [6, 6.07) is 12.8. The molecule has 9 heteroatoms. The van der Waals surface area contributed by atoms with Gasteiger partial charge in [-0.2, -0.15) is 8.42 Å². The maximum Gasteiger partial charge on any atom is 0.294 e. The summed E-state index contributed by atoms with van der Waals surface area (Å²) >= 11 is 1.59. The summed E-state index contributed by atoms with van der Waals surface area (Å²) in [5.74, 6) is 0.0384. The summed E-state index contributed by atoms with van der Waals surface area (Å²) in [5, 5.41) is 24.9. The van der Waals surface area contributed by atoms with Crippen LogP contribution in [-0.4, -0.2) is 41.9 Å². The lowest BCUT2D eigenvalue weighted by molar-refractivity contribution is 0.138. The van der Waals surface area contributed by atoms with Crippen molar-refractivity contribution in [3.63, 3.8) is 0 Å². The summed E-state index contributed by atoms with van der Waals surface area (Å²) in [7, 11) is -4.26. The Morgan fingerprint density at radius 2 is 1.86 bits per heavy atom. The van der Waals surface area contributed by atoms with E-state index in [1.54, 1.807) is 17.8 Å². The fraction of sp³-hybridized carbons (Fsp3) is 0.200. The van der Waals surface area contributed by atoms with Crippen LogP contribution in [0.5, 0.6) is 0 Å². The van der Waals surface area contributed by atoms with Crippen LogP contribution in [0.4, 0.5) is 11.4 Å². The SMILES string of the molecule is CCN1C(=CC2=C(O)C(Nc3ccc(S(=O)(=O)O)cc3)C2O)Sc2ccccc21. The van der Waals surface area contributed by atoms with Crippen molar-refractivity contribution >= 4 is 33.3 Å². The van der Waals surface area contributed by atoms with Gasteiger partial charge in [-0.15, -0.1) is 0 Å². The molecule has 7 nitrogen and oxygen atoms in total. The smallest absolute Gasteiger partial charge is 0.294 e. The Morgan fingerprint density at radius 1 is 1.17 bits per heavy atom. The van der Waals surface area contributed by atoms with Crippen LogP contribution in [0.3, 0.4) is 0 Å². The van der Waals surface area contributed by atoms with Crippen molar-refractivity contribution < 1.29 is 23.2 Å². The van der Waals surface area contributed by atoms with Gasteiger partial charge < -0.3 is 20.4 Å². The third-order valence-corrected chi connectivity index (χ3v) is 6.91. The number of hydrogen-bond donors (Lipinski definition) is 4. The first-order chi connectivity index (χ1) is 13.8. The Balaban J connectivity index is 1.53. The van der Waals surface area contributed by atoms with Crippen LogP contribution in [0.2, 0.25) is 0 Å². The third kappa shape index (κ3) is 3.62. The topological polar surface area (TPSA) is 110 Å². The first kappa shape index (κ1) is 19.8. The fourth-order valence-corrected chi connectivity index (χ4v) is 5.05. The highest BCUT2D eigenvalue weighted by atomic mass is 32.2. The summed E-state index contributed by atoms with van der Waals surface area (Å²) < 4.78 is 31.3. The molecule has 2 aromatic carbocycles. The van der Waals surface area contributed by atoms with Crippen LogP contribution in [0.25, 0.3) is 0 Å². The predicted octanol–water partition coefficient (Wildman–Crippen LogP) is 3.37. The second-order valence-electron chi connectivity index (χ2n) is 6.70. The van der Waals surface area contributed by atoms with Crippen molar-refractivity contribution in [3.8, 4) is 0 Å². The molecule has 2 aromatic rings. The number of nitrogens with one attached hydrogen (secondary N) is 1. The summed E-state index contributed by atoms with van der Waals surface area (Å²) in [6.07, 6.45) is 0.889. The van der Waals surface area contributed by atoms with E-state index in [2.05, 4.69) is 10.2 Å². The number of aliphatic hydroxyl groups excluding tert-OH is 2. The van der Waals surface area contributed by atoms with Gasteiger partial charge in [0.25, 0.3) is 10.1 Å². The minimum Gasteiger partial charge on any atom is -0.510 e. The molecule has 4 rings (SSSR count). The van der Waals surface area contributed by atoms with Gasteiger partial charge in [0.05, 0.1) is 15.6 Å². The molecule has 0 spiro atoms. The van der Waals surface area contributed by atoms with Crippen LogP contribution in [0.15, 0.2) is 80.8 Å². The van der Waals surface area contributed by atoms with E-state index >= 15 is 0 Å². The van der Waals surface area contributed by atoms with Crippen molar-refractivity contribution in [2.45, 2.75) is 28.9 Å². The number of fused-ring (bicyclic) bond motifs is 1. The summed E-state index contributed by atoms with van der Waals surface area (Å²) in [4.78, 5) is 3.03. The van der Waals surface area contributed by atoms with Gasteiger partial charge in [0.2, 0.25) is 0 Å². The van der Waals surface area contributed by atoms with Crippen LogP contribution in [0.1, 0.15) is 6.92 Å². The molecule has 1 aliphatic carbocycles. The number of rotatable bonds is 5. The number of thioether (sulfide) groups is 1. The van der Waals surface area contributed by atoms with Gasteiger partial charge in [-0.3, -0.25) is 4.55 Å². The van der Waals surface area contributed by atoms with Gasteiger partial charge in [0, 0.05) is 22.7 Å². The van der Waals surface area contributed by atoms with E-state index in [-0.39, 0.29) is 10.7 Å². The van der Waals surface area contributed by atoms with E-state index in [9.17, 15) is 18.6 Å². The molecular formula is C20H20N2O5S2. The Bertz CT molecular complexity index is 1110. The highest BCUT2D eigenvalue weighted by Crippen LogP contribution is 2.47. The molecule has 0 radical (unpaired) electrons.